The number of hydrogen-bond acceptors (Lipinski definition) is 3. The maximum atomic E-state index is 11.6. The molecular weight excluding hydrogens is 523 g/mol. The highest BCUT2D eigenvalue weighted by molar-refractivity contribution is 14.1. The van der Waals surface area contributed by atoms with Crippen molar-refractivity contribution >= 4 is 28.4 Å². The number of ketones is 1. The minimum atomic E-state index is 0.0500. The van der Waals surface area contributed by atoms with E-state index in [1.165, 1.54) is 38.9 Å². The first-order valence-electron chi connectivity index (χ1n) is 10.9. The van der Waals surface area contributed by atoms with E-state index in [4.69, 9.17) is 0 Å². The van der Waals surface area contributed by atoms with Gasteiger partial charge in [0, 0.05) is 24.4 Å². The third kappa shape index (κ3) is 5.43. The molecule has 0 unspecified atom stereocenters. The number of halogens is 1. The number of hydrogen-bond donors (Lipinski definition) is 1. The Morgan fingerprint density at radius 2 is 1.36 bits per heavy atom. The normalized spacial score (nSPS) is 10.7. The van der Waals surface area contributed by atoms with Crippen LogP contribution in [-0.4, -0.2) is 25.8 Å². The van der Waals surface area contributed by atoms with E-state index >= 15 is 0 Å². The number of aromatic amines is 1. The van der Waals surface area contributed by atoms with Crippen molar-refractivity contribution in [3.8, 4) is 22.5 Å². The van der Waals surface area contributed by atoms with Crippen LogP contribution in [-0.2, 0) is 7.05 Å². The number of H-pyrrole nitrogens is 1. The average Bonchev–Trinajstić information content (AvgIpc) is 3.35. The summed E-state index contributed by atoms with van der Waals surface area (Å²) < 4.78 is 2.85. The smallest absolute Gasteiger partial charge is 0.163 e. The molecule has 5 nitrogen and oxygen atoms in total. The minimum Gasteiger partial charge on any atom is -0.294 e. The van der Waals surface area contributed by atoms with Crippen molar-refractivity contribution in [1.29, 1.82) is 0 Å². The molecule has 33 heavy (non-hydrogen) atoms. The van der Waals surface area contributed by atoms with E-state index in [-0.39, 0.29) is 5.78 Å². The average molecular weight is 554 g/mol. The summed E-state index contributed by atoms with van der Waals surface area (Å²) in [5.74, 6) is 0.0500. The summed E-state index contributed by atoms with van der Waals surface area (Å²) in [7, 11) is 1.84. The SMILES string of the molecule is CC(=O)c1cn(C)nc1-c1cc(C)c(C)c(C)c1.Cc1cc(-c2[nH]ncc2I)cc(C)c1C. The number of carbonyl (C=O) groups excluding carboxylic acids is 1. The molecule has 0 saturated carbocycles. The van der Waals surface area contributed by atoms with Crippen LogP contribution in [0.1, 0.15) is 50.7 Å². The molecule has 4 aromatic rings. The molecule has 6 heteroatoms. The van der Waals surface area contributed by atoms with E-state index in [1.807, 2.05) is 13.2 Å². The van der Waals surface area contributed by atoms with Crippen LogP contribution in [0.3, 0.4) is 0 Å². The first-order chi connectivity index (χ1) is 15.5. The molecule has 2 aromatic carbocycles. The molecule has 0 aliphatic carbocycles. The fourth-order valence-corrected chi connectivity index (χ4v) is 4.36. The van der Waals surface area contributed by atoms with Crippen LogP contribution < -0.4 is 0 Å². The lowest BCUT2D eigenvalue weighted by atomic mass is 9.97. The highest BCUT2D eigenvalue weighted by atomic mass is 127. The second-order valence-corrected chi connectivity index (χ2v) is 9.85. The van der Waals surface area contributed by atoms with Crippen molar-refractivity contribution in [2.45, 2.75) is 48.5 Å². The maximum Gasteiger partial charge on any atom is 0.163 e. The van der Waals surface area contributed by atoms with E-state index < -0.39 is 0 Å². The van der Waals surface area contributed by atoms with Gasteiger partial charge in [0.05, 0.1) is 21.0 Å². The number of rotatable bonds is 3. The molecule has 0 spiro atoms. The third-order valence-corrected chi connectivity index (χ3v) is 7.04. The van der Waals surface area contributed by atoms with Gasteiger partial charge in [0.1, 0.15) is 5.69 Å². The van der Waals surface area contributed by atoms with E-state index in [0.717, 1.165) is 20.5 Å². The first kappa shape index (κ1) is 24.9. The largest absolute Gasteiger partial charge is 0.294 e. The Kier molecular flexibility index (Phi) is 7.57. The fraction of sp³-hybridized carbons (Fsp3) is 0.296. The van der Waals surface area contributed by atoms with Crippen molar-refractivity contribution in [2.75, 3.05) is 0 Å². The highest BCUT2D eigenvalue weighted by Gasteiger charge is 2.15. The van der Waals surface area contributed by atoms with Crippen LogP contribution in [0.2, 0.25) is 0 Å². The molecule has 0 radical (unpaired) electrons. The molecule has 0 saturated heterocycles. The van der Waals surface area contributed by atoms with E-state index in [9.17, 15) is 4.79 Å². The van der Waals surface area contributed by atoms with Gasteiger partial charge in [0.2, 0.25) is 0 Å². The maximum absolute atomic E-state index is 11.6. The Morgan fingerprint density at radius 3 is 1.79 bits per heavy atom. The van der Waals surface area contributed by atoms with Gasteiger partial charge >= 0.3 is 0 Å². The van der Waals surface area contributed by atoms with Gasteiger partial charge in [0.25, 0.3) is 0 Å². The second-order valence-electron chi connectivity index (χ2n) is 8.68. The molecule has 0 atom stereocenters. The van der Waals surface area contributed by atoms with Gasteiger partial charge in [-0.05, 0) is 129 Å². The van der Waals surface area contributed by atoms with Crippen molar-refractivity contribution in [2.24, 2.45) is 7.05 Å². The Morgan fingerprint density at radius 1 is 0.879 bits per heavy atom. The van der Waals surface area contributed by atoms with Crippen LogP contribution in [0, 0.1) is 45.1 Å². The summed E-state index contributed by atoms with van der Waals surface area (Å²) in [4.78, 5) is 11.6. The number of carbonyl (C=O) groups is 1. The Bertz CT molecular complexity index is 1280. The van der Waals surface area contributed by atoms with Gasteiger partial charge in [-0.3, -0.25) is 14.6 Å². The fourth-order valence-electron chi connectivity index (χ4n) is 3.79. The zero-order valence-corrected chi connectivity index (χ0v) is 22.7. The van der Waals surface area contributed by atoms with Gasteiger partial charge in [0.15, 0.2) is 5.78 Å². The van der Waals surface area contributed by atoms with Crippen molar-refractivity contribution in [3.63, 3.8) is 0 Å². The Hall–Kier alpha value is -2.74. The number of Topliss-reactive ketones (excluding diaryl/α,β-unsaturated/α-hetero) is 1. The van der Waals surface area contributed by atoms with Crippen LogP contribution in [0.25, 0.3) is 22.5 Å². The number of benzene rings is 2. The van der Waals surface area contributed by atoms with E-state index in [2.05, 4.69) is 104 Å². The molecule has 0 bridgehead atoms. The number of aryl methyl sites for hydroxylation is 5. The van der Waals surface area contributed by atoms with Gasteiger partial charge in [-0.25, -0.2) is 0 Å². The van der Waals surface area contributed by atoms with Gasteiger partial charge in [-0.2, -0.15) is 10.2 Å². The molecule has 2 aromatic heterocycles. The highest BCUT2D eigenvalue weighted by Crippen LogP contribution is 2.27. The molecule has 0 amide bonds. The second kappa shape index (κ2) is 10.0. The van der Waals surface area contributed by atoms with Gasteiger partial charge in [-0.1, -0.05) is 0 Å². The summed E-state index contributed by atoms with van der Waals surface area (Å²) in [6.45, 7) is 14.3. The van der Waals surface area contributed by atoms with Gasteiger partial charge in [-0.15, -0.1) is 0 Å². The summed E-state index contributed by atoms with van der Waals surface area (Å²) in [5.41, 5.74) is 12.6. The Labute approximate surface area is 209 Å². The van der Waals surface area contributed by atoms with Crippen molar-refractivity contribution in [3.05, 3.63) is 79.2 Å². The number of nitrogens with one attached hydrogen (secondary N) is 1. The Balaban J connectivity index is 0.000000189. The monoisotopic (exact) mass is 554 g/mol. The predicted molar refractivity (Wildman–Crippen MR) is 144 cm³/mol. The predicted octanol–water partition coefficient (Wildman–Crippen LogP) is 6.82. The van der Waals surface area contributed by atoms with Crippen LogP contribution in [0.4, 0.5) is 0 Å². The number of nitrogens with zero attached hydrogens (tertiary/aromatic N) is 3. The van der Waals surface area contributed by atoms with Gasteiger partial charge < -0.3 is 0 Å². The molecule has 0 aliphatic heterocycles. The summed E-state index contributed by atoms with van der Waals surface area (Å²) >= 11 is 2.30. The van der Waals surface area contributed by atoms with Crippen LogP contribution >= 0.6 is 22.6 Å². The molecule has 1 N–H and O–H groups in total. The standard InChI is InChI=1S/C15H18N2O.C12H13IN2/c1-9-6-13(7-10(2)11(9)3)15-14(12(4)18)8-17(5)16-15;1-7-4-10(5-8(2)9(7)3)12-11(13)6-14-15-12/h6-8H,1-5H3;4-6H,1-3H3,(H,14,15). The molecule has 0 aliphatic rings. The third-order valence-electron chi connectivity index (χ3n) is 6.22. The summed E-state index contributed by atoms with van der Waals surface area (Å²) in [5, 5.41) is 11.5. The number of aromatic nitrogens is 4. The minimum absolute atomic E-state index is 0.0500. The van der Waals surface area contributed by atoms with Crippen molar-refractivity contribution in [1.82, 2.24) is 20.0 Å². The lowest BCUT2D eigenvalue weighted by Crippen LogP contribution is -1.95. The molecule has 0 fully saturated rings. The van der Waals surface area contributed by atoms with Crippen LogP contribution in [0.5, 0.6) is 0 Å². The summed E-state index contributed by atoms with van der Waals surface area (Å²) in [6.07, 6.45) is 3.63. The van der Waals surface area contributed by atoms with Crippen molar-refractivity contribution < 1.29 is 4.79 Å². The topological polar surface area (TPSA) is 63.6 Å². The quantitative estimate of drug-likeness (QED) is 0.223. The summed E-state index contributed by atoms with van der Waals surface area (Å²) in [6, 6.07) is 8.60. The van der Waals surface area contributed by atoms with E-state index in [0.29, 0.717) is 5.56 Å². The zero-order chi connectivity index (χ0) is 24.4. The van der Waals surface area contributed by atoms with E-state index in [1.54, 1.807) is 17.8 Å². The lowest BCUT2D eigenvalue weighted by Gasteiger charge is -2.08. The molecular formula is C27H31IN4O. The molecule has 172 valence electrons. The van der Waals surface area contributed by atoms with Crippen LogP contribution in [0.15, 0.2) is 36.7 Å². The zero-order valence-electron chi connectivity index (χ0n) is 20.6. The first-order valence-corrected chi connectivity index (χ1v) is 12.0. The molecule has 2 heterocycles. The lowest BCUT2D eigenvalue weighted by molar-refractivity contribution is 0.101. The molecule has 4 rings (SSSR count).